The molecular weight excluding hydrogens is 482 g/mol. The van der Waals surface area contributed by atoms with Gasteiger partial charge in [-0.15, -0.1) is 0 Å². The van der Waals surface area contributed by atoms with Crippen LogP contribution in [0.25, 0.3) is 0 Å². The number of aliphatic hydroxyl groups excluding tert-OH is 1. The molecule has 5 atom stereocenters. The average Bonchev–Trinajstić information content (AvgIpc) is 2.89. The van der Waals surface area contributed by atoms with E-state index in [1.807, 2.05) is 48.5 Å². The summed E-state index contributed by atoms with van der Waals surface area (Å²) in [6.07, 6.45) is 2.55. The molecule has 0 radical (unpaired) electrons. The van der Waals surface area contributed by atoms with Crippen molar-refractivity contribution in [1.82, 2.24) is 4.90 Å². The van der Waals surface area contributed by atoms with E-state index in [9.17, 15) is 14.7 Å². The second-order valence-electron chi connectivity index (χ2n) is 11.4. The normalized spacial score (nSPS) is 26.2. The summed E-state index contributed by atoms with van der Waals surface area (Å²) in [5.74, 6) is 0.308. The van der Waals surface area contributed by atoms with Gasteiger partial charge in [-0.3, -0.25) is 4.79 Å². The number of hydrogen-bond donors (Lipinski definition) is 1. The van der Waals surface area contributed by atoms with Gasteiger partial charge < -0.3 is 24.2 Å². The molecule has 0 bridgehead atoms. The number of esters is 1. The Morgan fingerprint density at radius 1 is 0.974 bits per heavy atom. The van der Waals surface area contributed by atoms with E-state index in [0.717, 1.165) is 36.8 Å². The van der Waals surface area contributed by atoms with Gasteiger partial charge in [0.05, 0.1) is 32.3 Å². The highest BCUT2D eigenvalue weighted by atomic mass is 16.5. The van der Waals surface area contributed by atoms with Gasteiger partial charge in [-0.1, -0.05) is 45.0 Å². The van der Waals surface area contributed by atoms with Crippen LogP contribution in [0.15, 0.2) is 48.5 Å². The molecule has 0 aromatic heterocycles. The largest absolute Gasteiger partial charge is 0.497 e. The summed E-state index contributed by atoms with van der Waals surface area (Å²) in [6, 6.07) is 13.5. The van der Waals surface area contributed by atoms with E-state index < -0.39 is 30.1 Å². The maximum absolute atomic E-state index is 13.7. The molecular formula is C31H41NO6. The number of methoxy groups -OCH3 is 2. The van der Waals surface area contributed by atoms with Crippen LogP contribution in [0.3, 0.4) is 0 Å². The van der Waals surface area contributed by atoms with E-state index in [0.29, 0.717) is 17.4 Å². The Bertz CT molecular complexity index is 1060. The first-order valence-electron chi connectivity index (χ1n) is 13.6. The number of ether oxygens (including phenoxy) is 3. The van der Waals surface area contributed by atoms with Crippen LogP contribution < -0.4 is 9.47 Å². The van der Waals surface area contributed by atoms with Crippen molar-refractivity contribution in [3.63, 3.8) is 0 Å². The van der Waals surface area contributed by atoms with Crippen LogP contribution in [0.2, 0.25) is 0 Å². The smallest absolute Gasteiger partial charge is 0.330 e. The number of aliphatic hydroxyl groups is 1. The molecule has 1 aliphatic carbocycles. The Labute approximate surface area is 226 Å². The Kier molecular flexibility index (Phi) is 8.36. The van der Waals surface area contributed by atoms with Gasteiger partial charge in [0.1, 0.15) is 23.6 Å². The summed E-state index contributed by atoms with van der Waals surface area (Å²) in [5, 5.41) is 10.5. The molecule has 4 rings (SSSR count). The van der Waals surface area contributed by atoms with Crippen LogP contribution in [0.1, 0.15) is 70.5 Å². The van der Waals surface area contributed by atoms with Crippen molar-refractivity contribution in [2.45, 2.75) is 77.7 Å². The number of rotatable bonds is 9. The van der Waals surface area contributed by atoms with Gasteiger partial charge >= 0.3 is 5.97 Å². The van der Waals surface area contributed by atoms with Crippen LogP contribution in [0, 0.1) is 17.3 Å². The molecule has 1 N–H and O–H groups in total. The number of amides is 1. The number of nitrogens with zero attached hydrogens (tertiary/aromatic N) is 1. The molecule has 2 fully saturated rings. The van der Waals surface area contributed by atoms with Gasteiger partial charge in [-0.05, 0) is 79.3 Å². The Morgan fingerprint density at radius 3 is 1.95 bits per heavy atom. The molecule has 7 heteroatoms. The fourth-order valence-corrected chi connectivity index (χ4v) is 5.96. The fourth-order valence-electron chi connectivity index (χ4n) is 5.96. The third-order valence-electron chi connectivity index (χ3n) is 8.73. The molecule has 2 aromatic carbocycles. The molecule has 2 aliphatic rings. The van der Waals surface area contributed by atoms with Crippen LogP contribution in [-0.4, -0.2) is 54.4 Å². The van der Waals surface area contributed by atoms with Crippen LogP contribution in [-0.2, 0) is 14.3 Å². The monoisotopic (exact) mass is 523 g/mol. The van der Waals surface area contributed by atoms with Crippen molar-refractivity contribution in [2.24, 2.45) is 17.3 Å². The van der Waals surface area contributed by atoms with E-state index in [-0.39, 0.29) is 17.4 Å². The number of carbonyl (C=O) groups excluding carboxylic acids is 2. The molecule has 0 spiro atoms. The molecule has 5 unspecified atom stereocenters. The number of carbonyl (C=O) groups is 2. The minimum atomic E-state index is -0.976. The maximum Gasteiger partial charge on any atom is 0.330 e. The van der Waals surface area contributed by atoms with E-state index in [4.69, 9.17) is 14.2 Å². The number of hydrogen-bond acceptors (Lipinski definition) is 6. The molecule has 2 aromatic rings. The molecule has 1 heterocycles. The quantitative estimate of drug-likeness (QED) is 0.362. The topological polar surface area (TPSA) is 85.3 Å². The van der Waals surface area contributed by atoms with Crippen LogP contribution in [0.4, 0.5) is 0 Å². The van der Waals surface area contributed by atoms with Gasteiger partial charge in [-0.25, -0.2) is 4.79 Å². The highest BCUT2D eigenvalue weighted by Gasteiger charge is 2.57. The van der Waals surface area contributed by atoms with Gasteiger partial charge in [0.15, 0.2) is 0 Å². The molecule has 1 saturated heterocycles. The third kappa shape index (κ3) is 5.39. The Balaban J connectivity index is 1.67. The number of benzene rings is 2. The first-order valence-corrected chi connectivity index (χ1v) is 13.6. The van der Waals surface area contributed by atoms with Crippen molar-refractivity contribution in [1.29, 1.82) is 0 Å². The summed E-state index contributed by atoms with van der Waals surface area (Å²) in [6.45, 7) is 8.26. The van der Waals surface area contributed by atoms with E-state index >= 15 is 0 Å². The predicted octanol–water partition coefficient (Wildman–Crippen LogP) is 5.15. The van der Waals surface area contributed by atoms with Crippen LogP contribution in [0.5, 0.6) is 11.5 Å². The first-order chi connectivity index (χ1) is 18.1. The summed E-state index contributed by atoms with van der Waals surface area (Å²) < 4.78 is 16.8. The lowest BCUT2D eigenvalue weighted by Gasteiger charge is -2.51. The number of β-lactam (4-membered cyclic amide) rings is 1. The lowest BCUT2D eigenvalue weighted by molar-refractivity contribution is -0.188. The van der Waals surface area contributed by atoms with Crippen LogP contribution >= 0.6 is 0 Å². The fraction of sp³-hybridized carbons (Fsp3) is 0.548. The summed E-state index contributed by atoms with van der Waals surface area (Å²) in [7, 11) is 3.20. The van der Waals surface area contributed by atoms with Gasteiger partial charge in [0.2, 0.25) is 5.91 Å². The third-order valence-corrected chi connectivity index (χ3v) is 8.73. The Morgan fingerprint density at radius 2 is 1.50 bits per heavy atom. The minimum absolute atomic E-state index is 0.108. The van der Waals surface area contributed by atoms with E-state index in [1.54, 1.807) is 26.0 Å². The molecule has 38 heavy (non-hydrogen) atoms. The van der Waals surface area contributed by atoms with Crippen molar-refractivity contribution >= 4 is 11.9 Å². The SMILES string of the molecule is COc1ccc(C(c2ccc(OC)cc2)N2C(=O)C(C(C)O)C2C(=O)OC2CCCC(C)(C(C)C)C2)cc1. The molecule has 206 valence electrons. The number of likely N-dealkylation sites (tertiary alicyclic amines) is 1. The van der Waals surface area contributed by atoms with Gasteiger partial charge in [0.25, 0.3) is 0 Å². The van der Waals surface area contributed by atoms with E-state index in [1.165, 1.54) is 0 Å². The lowest BCUT2D eigenvalue weighted by Crippen LogP contribution is -2.68. The lowest BCUT2D eigenvalue weighted by atomic mass is 9.67. The van der Waals surface area contributed by atoms with Crippen molar-refractivity contribution in [2.75, 3.05) is 14.2 Å². The first kappa shape index (κ1) is 28.0. The highest BCUT2D eigenvalue weighted by molar-refractivity contribution is 5.98. The zero-order valence-corrected chi connectivity index (χ0v) is 23.3. The summed E-state index contributed by atoms with van der Waals surface area (Å²) in [5.41, 5.74) is 1.77. The van der Waals surface area contributed by atoms with Gasteiger partial charge in [0, 0.05) is 0 Å². The molecule has 1 amide bonds. The van der Waals surface area contributed by atoms with Gasteiger partial charge in [-0.2, -0.15) is 0 Å². The van der Waals surface area contributed by atoms with Crippen molar-refractivity contribution in [3.8, 4) is 11.5 Å². The maximum atomic E-state index is 13.7. The zero-order chi connectivity index (χ0) is 27.6. The minimum Gasteiger partial charge on any atom is -0.497 e. The standard InChI is InChI=1S/C31H41NO6/c1-19(2)31(4)17-7-8-25(18-31)38-30(35)28-26(20(3)33)29(34)32(28)27(21-9-13-23(36-5)14-10-21)22-11-15-24(37-6)16-12-22/h9-16,19-20,25-28,33H,7-8,17-18H2,1-6H3. The highest BCUT2D eigenvalue weighted by Crippen LogP contribution is 2.45. The van der Waals surface area contributed by atoms with E-state index in [2.05, 4.69) is 20.8 Å². The second kappa shape index (κ2) is 11.4. The second-order valence-corrected chi connectivity index (χ2v) is 11.4. The summed E-state index contributed by atoms with van der Waals surface area (Å²) >= 11 is 0. The molecule has 1 saturated carbocycles. The predicted molar refractivity (Wildman–Crippen MR) is 145 cm³/mol. The molecule has 7 nitrogen and oxygen atoms in total. The summed E-state index contributed by atoms with van der Waals surface area (Å²) in [4.78, 5) is 28.9. The van der Waals surface area contributed by atoms with Crippen molar-refractivity contribution < 1.29 is 28.9 Å². The Hall–Kier alpha value is -3.06. The average molecular weight is 524 g/mol. The zero-order valence-electron chi connectivity index (χ0n) is 23.3. The molecule has 1 aliphatic heterocycles. The van der Waals surface area contributed by atoms with Crippen molar-refractivity contribution in [3.05, 3.63) is 59.7 Å².